The molecule has 2 aromatic carbocycles. The molecular formula is C21H31IN4O. The Bertz CT molecular complexity index is 692. The molecule has 0 aromatic heterocycles. The first-order valence-electron chi connectivity index (χ1n) is 8.91. The zero-order chi connectivity index (χ0) is 18.8. The highest BCUT2D eigenvalue weighted by molar-refractivity contribution is 14.0. The maximum Gasteiger partial charge on any atom is 0.193 e. The molecule has 0 radical (unpaired) electrons. The Morgan fingerprint density at radius 3 is 2.33 bits per heavy atom. The second-order valence-corrected chi connectivity index (χ2v) is 6.50. The Morgan fingerprint density at radius 2 is 1.67 bits per heavy atom. The highest BCUT2D eigenvalue weighted by Crippen LogP contribution is 2.17. The van der Waals surface area contributed by atoms with Crippen molar-refractivity contribution in [1.29, 1.82) is 0 Å². The molecule has 5 nitrogen and oxygen atoms in total. The third kappa shape index (κ3) is 8.17. The maximum absolute atomic E-state index is 5.93. The van der Waals surface area contributed by atoms with Gasteiger partial charge in [0, 0.05) is 39.3 Å². The largest absolute Gasteiger partial charge is 0.492 e. The van der Waals surface area contributed by atoms with E-state index in [4.69, 9.17) is 4.74 Å². The summed E-state index contributed by atoms with van der Waals surface area (Å²) in [6.45, 7) is 3.04. The summed E-state index contributed by atoms with van der Waals surface area (Å²) in [7, 11) is 7.94. The van der Waals surface area contributed by atoms with Crippen molar-refractivity contribution in [1.82, 2.24) is 15.1 Å². The van der Waals surface area contributed by atoms with E-state index in [1.165, 1.54) is 5.56 Å². The molecule has 0 amide bonds. The summed E-state index contributed by atoms with van der Waals surface area (Å²) in [5.41, 5.74) is 2.38. The molecule has 27 heavy (non-hydrogen) atoms. The SMILES string of the molecule is CN=C(NCc1ccccc1OCCN(C)C)N(C)Cc1ccccc1.I. The number of rotatable bonds is 8. The van der Waals surface area contributed by atoms with Gasteiger partial charge in [0.25, 0.3) is 0 Å². The number of ether oxygens (including phenoxy) is 1. The van der Waals surface area contributed by atoms with Crippen LogP contribution < -0.4 is 10.1 Å². The summed E-state index contributed by atoms with van der Waals surface area (Å²) in [5, 5.41) is 3.43. The smallest absolute Gasteiger partial charge is 0.193 e. The predicted molar refractivity (Wildman–Crippen MR) is 124 cm³/mol. The molecule has 0 bridgehead atoms. The van der Waals surface area contributed by atoms with E-state index >= 15 is 0 Å². The zero-order valence-electron chi connectivity index (χ0n) is 16.7. The zero-order valence-corrected chi connectivity index (χ0v) is 19.0. The molecule has 1 N–H and O–H groups in total. The minimum atomic E-state index is 0. The van der Waals surface area contributed by atoms with Gasteiger partial charge in [-0.3, -0.25) is 4.99 Å². The number of aliphatic imine (C=N–C) groups is 1. The van der Waals surface area contributed by atoms with Crippen molar-refractivity contribution < 1.29 is 4.74 Å². The van der Waals surface area contributed by atoms with E-state index in [0.717, 1.165) is 30.4 Å². The van der Waals surface area contributed by atoms with Crippen molar-refractivity contribution in [3.63, 3.8) is 0 Å². The van der Waals surface area contributed by atoms with Gasteiger partial charge in [0.2, 0.25) is 0 Å². The molecule has 0 saturated heterocycles. The van der Waals surface area contributed by atoms with Crippen LogP contribution in [-0.4, -0.2) is 57.1 Å². The van der Waals surface area contributed by atoms with Crippen molar-refractivity contribution in [2.75, 3.05) is 41.3 Å². The van der Waals surface area contributed by atoms with Crippen LogP contribution in [0.3, 0.4) is 0 Å². The lowest BCUT2D eigenvalue weighted by atomic mass is 10.2. The molecule has 6 heteroatoms. The van der Waals surface area contributed by atoms with Crippen LogP contribution in [0.5, 0.6) is 5.75 Å². The minimum absolute atomic E-state index is 0. The minimum Gasteiger partial charge on any atom is -0.492 e. The van der Waals surface area contributed by atoms with Gasteiger partial charge >= 0.3 is 0 Å². The molecule has 0 saturated carbocycles. The Labute approximate surface area is 180 Å². The fraction of sp³-hybridized carbons (Fsp3) is 0.381. The van der Waals surface area contributed by atoms with Gasteiger partial charge in [-0.05, 0) is 25.7 Å². The van der Waals surface area contributed by atoms with Crippen LogP contribution in [0.15, 0.2) is 59.6 Å². The van der Waals surface area contributed by atoms with Crippen molar-refractivity contribution in [2.45, 2.75) is 13.1 Å². The third-order valence-corrected chi connectivity index (χ3v) is 4.04. The number of nitrogens with one attached hydrogen (secondary N) is 1. The van der Waals surface area contributed by atoms with Gasteiger partial charge in [-0.2, -0.15) is 0 Å². The van der Waals surface area contributed by atoms with Crippen molar-refractivity contribution in [3.8, 4) is 5.75 Å². The quantitative estimate of drug-likeness (QED) is 0.356. The van der Waals surface area contributed by atoms with Crippen LogP contribution in [-0.2, 0) is 13.1 Å². The lowest BCUT2D eigenvalue weighted by Crippen LogP contribution is -2.38. The first-order chi connectivity index (χ1) is 12.6. The molecule has 0 aliphatic heterocycles. The Morgan fingerprint density at radius 1 is 1.00 bits per heavy atom. The summed E-state index contributed by atoms with van der Waals surface area (Å²) in [4.78, 5) is 8.63. The van der Waals surface area contributed by atoms with Crippen LogP contribution in [0.1, 0.15) is 11.1 Å². The maximum atomic E-state index is 5.93. The van der Waals surface area contributed by atoms with Gasteiger partial charge in [-0.15, -0.1) is 24.0 Å². The average molecular weight is 482 g/mol. The number of hydrogen-bond donors (Lipinski definition) is 1. The van der Waals surface area contributed by atoms with E-state index < -0.39 is 0 Å². The average Bonchev–Trinajstić information content (AvgIpc) is 2.64. The van der Waals surface area contributed by atoms with Crippen LogP contribution in [0.25, 0.3) is 0 Å². The van der Waals surface area contributed by atoms with Gasteiger partial charge < -0.3 is 19.9 Å². The number of guanidine groups is 1. The molecule has 2 rings (SSSR count). The number of likely N-dealkylation sites (N-methyl/N-ethyl adjacent to an activating group) is 1. The normalized spacial score (nSPS) is 11.1. The topological polar surface area (TPSA) is 40.1 Å². The monoisotopic (exact) mass is 482 g/mol. The molecule has 0 unspecified atom stereocenters. The third-order valence-electron chi connectivity index (χ3n) is 4.04. The van der Waals surface area contributed by atoms with E-state index in [-0.39, 0.29) is 24.0 Å². The lowest BCUT2D eigenvalue weighted by Gasteiger charge is -2.23. The Hall–Kier alpha value is -1.80. The van der Waals surface area contributed by atoms with Crippen LogP contribution in [0.2, 0.25) is 0 Å². The standard InChI is InChI=1S/C21H30N4O.HI/c1-22-21(25(4)17-18-10-6-5-7-11-18)23-16-19-12-8-9-13-20(19)26-15-14-24(2)3;/h5-13H,14-17H2,1-4H3,(H,22,23);1H. The van der Waals surface area contributed by atoms with Crippen molar-refractivity contribution >= 4 is 29.9 Å². The van der Waals surface area contributed by atoms with Crippen LogP contribution in [0, 0.1) is 0 Å². The summed E-state index contributed by atoms with van der Waals surface area (Å²) in [6, 6.07) is 18.5. The molecule has 0 aliphatic carbocycles. The molecule has 0 spiro atoms. The first-order valence-corrected chi connectivity index (χ1v) is 8.91. The van der Waals surface area contributed by atoms with Crippen LogP contribution in [0.4, 0.5) is 0 Å². The molecule has 2 aromatic rings. The van der Waals surface area contributed by atoms with E-state index in [1.54, 1.807) is 0 Å². The number of para-hydroxylation sites is 1. The fourth-order valence-electron chi connectivity index (χ4n) is 2.62. The summed E-state index contributed by atoms with van der Waals surface area (Å²) >= 11 is 0. The van der Waals surface area contributed by atoms with Gasteiger partial charge in [0.05, 0.1) is 0 Å². The van der Waals surface area contributed by atoms with E-state index in [0.29, 0.717) is 13.2 Å². The summed E-state index contributed by atoms with van der Waals surface area (Å²) < 4.78 is 5.93. The summed E-state index contributed by atoms with van der Waals surface area (Å²) in [6.07, 6.45) is 0. The highest BCUT2D eigenvalue weighted by Gasteiger charge is 2.09. The Balaban J connectivity index is 0.00000364. The van der Waals surface area contributed by atoms with Gasteiger partial charge in [0.1, 0.15) is 12.4 Å². The number of halogens is 1. The van der Waals surface area contributed by atoms with Crippen molar-refractivity contribution in [3.05, 3.63) is 65.7 Å². The Kier molecular flexibility index (Phi) is 10.8. The van der Waals surface area contributed by atoms with E-state index in [9.17, 15) is 0 Å². The molecule has 0 aliphatic rings. The molecule has 0 fully saturated rings. The second kappa shape index (κ2) is 12.6. The first kappa shape index (κ1) is 23.2. The second-order valence-electron chi connectivity index (χ2n) is 6.50. The summed E-state index contributed by atoms with van der Waals surface area (Å²) in [5.74, 6) is 1.78. The van der Waals surface area contributed by atoms with Crippen LogP contribution >= 0.6 is 24.0 Å². The number of nitrogens with zero attached hydrogens (tertiary/aromatic N) is 3. The van der Waals surface area contributed by atoms with E-state index in [1.807, 2.05) is 52.5 Å². The molecule has 148 valence electrons. The number of hydrogen-bond acceptors (Lipinski definition) is 3. The van der Waals surface area contributed by atoms with Gasteiger partial charge in [0.15, 0.2) is 5.96 Å². The highest BCUT2D eigenvalue weighted by atomic mass is 127. The van der Waals surface area contributed by atoms with Crippen molar-refractivity contribution in [2.24, 2.45) is 4.99 Å². The van der Waals surface area contributed by atoms with E-state index in [2.05, 4.69) is 50.4 Å². The van der Waals surface area contributed by atoms with Gasteiger partial charge in [-0.1, -0.05) is 48.5 Å². The lowest BCUT2D eigenvalue weighted by molar-refractivity contribution is 0.259. The van der Waals surface area contributed by atoms with Gasteiger partial charge in [-0.25, -0.2) is 0 Å². The molecular weight excluding hydrogens is 451 g/mol. The molecule has 0 atom stereocenters. The predicted octanol–water partition coefficient (Wildman–Crippen LogP) is 3.45. The number of benzene rings is 2. The fourth-order valence-corrected chi connectivity index (χ4v) is 2.62. The molecule has 0 heterocycles.